The fourth-order valence-corrected chi connectivity index (χ4v) is 4.58. The maximum Gasteiger partial charge on any atom is 0.174 e. The van der Waals surface area contributed by atoms with Gasteiger partial charge in [0.1, 0.15) is 17.6 Å². The number of thiocarbonyl (C=S) groups is 1. The summed E-state index contributed by atoms with van der Waals surface area (Å²) >= 11 is 12.0. The fourth-order valence-electron chi connectivity index (χ4n) is 4.08. The van der Waals surface area contributed by atoms with E-state index in [-0.39, 0.29) is 23.7 Å². The second-order valence-corrected chi connectivity index (χ2v) is 8.23. The highest BCUT2D eigenvalue weighted by atomic mass is 35.5. The van der Waals surface area contributed by atoms with Crippen LogP contribution in [0.5, 0.6) is 5.75 Å². The Morgan fingerprint density at radius 3 is 2.59 bits per heavy atom. The summed E-state index contributed by atoms with van der Waals surface area (Å²) in [5.41, 5.74) is 2.99. The average Bonchev–Trinajstić information content (AvgIpc) is 3.41. The fraction of sp³-hybridized carbons (Fsp3) is 0.0833. The van der Waals surface area contributed by atoms with Crippen molar-refractivity contribution in [2.45, 2.75) is 12.1 Å². The summed E-state index contributed by atoms with van der Waals surface area (Å²) in [6, 6.07) is 20.1. The van der Waals surface area contributed by atoms with Gasteiger partial charge in [-0.15, -0.1) is 0 Å². The first kappa shape index (κ1) is 20.5. The van der Waals surface area contributed by atoms with E-state index in [9.17, 15) is 9.50 Å². The van der Waals surface area contributed by atoms with Crippen LogP contribution in [0.3, 0.4) is 0 Å². The monoisotopic (exact) mass is 464 g/mol. The van der Waals surface area contributed by atoms with E-state index in [1.54, 1.807) is 36.5 Å². The lowest BCUT2D eigenvalue weighted by molar-refractivity contribution is 0.472. The zero-order valence-electron chi connectivity index (χ0n) is 16.7. The van der Waals surface area contributed by atoms with Gasteiger partial charge in [-0.3, -0.25) is 4.98 Å². The minimum Gasteiger partial charge on any atom is -0.506 e. The molecule has 5 rings (SSSR count). The maximum absolute atomic E-state index is 13.5. The van der Waals surface area contributed by atoms with E-state index >= 15 is 0 Å². The number of phenols is 1. The summed E-state index contributed by atoms with van der Waals surface area (Å²) in [6.45, 7) is 0. The molecule has 1 fully saturated rings. The van der Waals surface area contributed by atoms with E-state index in [1.807, 2.05) is 46.0 Å². The van der Waals surface area contributed by atoms with Crippen molar-refractivity contribution in [3.05, 3.63) is 107 Å². The van der Waals surface area contributed by atoms with Gasteiger partial charge in [-0.25, -0.2) is 4.39 Å². The first-order chi connectivity index (χ1) is 15.5. The van der Waals surface area contributed by atoms with Crippen LogP contribution in [0.2, 0.25) is 5.02 Å². The van der Waals surface area contributed by atoms with E-state index in [4.69, 9.17) is 23.8 Å². The summed E-state index contributed by atoms with van der Waals surface area (Å²) < 4.78 is 15.5. The van der Waals surface area contributed by atoms with Crippen molar-refractivity contribution in [2.24, 2.45) is 0 Å². The van der Waals surface area contributed by atoms with Gasteiger partial charge in [0.15, 0.2) is 5.11 Å². The number of benzene rings is 2. The molecule has 5 nitrogen and oxygen atoms in total. The molecule has 1 aliphatic rings. The topological polar surface area (TPSA) is 53.3 Å². The van der Waals surface area contributed by atoms with Crippen LogP contribution in [-0.4, -0.2) is 19.8 Å². The van der Waals surface area contributed by atoms with Gasteiger partial charge < -0.3 is 19.9 Å². The van der Waals surface area contributed by atoms with Gasteiger partial charge in [-0.1, -0.05) is 17.7 Å². The van der Waals surface area contributed by atoms with Crippen LogP contribution >= 0.6 is 23.8 Å². The smallest absolute Gasteiger partial charge is 0.174 e. The molecule has 2 atom stereocenters. The molecule has 0 aliphatic carbocycles. The number of aromatic nitrogens is 2. The Bertz CT molecular complexity index is 1280. The number of anilines is 1. The number of halogens is 2. The molecule has 0 spiro atoms. The minimum absolute atomic E-state index is 0.0603. The van der Waals surface area contributed by atoms with E-state index in [2.05, 4.69) is 10.3 Å². The van der Waals surface area contributed by atoms with Crippen molar-refractivity contribution >= 4 is 34.6 Å². The largest absolute Gasteiger partial charge is 0.506 e. The molecule has 0 radical (unpaired) electrons. The highest BCUT2D eigenvalue weighted by molar-refractivity contribution is 7.80. The van der Waals surface area contributed by atoms with E-state index in [0.29, 0.717) is 15.8 Å². The van der Waals surface area contributed by atoms with E-state index in [0.717, 1.165) is 17.1 Å². The van der Waals surface area contributed by atoms with Gasteiger partial charge in [0, 0.05) is 28.8 Å². The van der Waals surface area contributed by atoms with Crippen LogP contribution in [-0.2, 0) is 0 Å². The van der Waals surface area contributed by atoms with Crippen molar-refractivity contribution in [3.63, 3.8) is 0 Å². The third-order valence-corrected chi connectivity index (χ3v) is 6.03. The van der Waals surface area contributed by atoms with Gasteiger partial charge in [-0.2, -0.15) is 0 Å². The third-order valence-electron chi connectivity index (χ3n) is 5.48. The van der Waals surface area contributed by atoms with Crippen LogP contribution < -0.4 is 10.2 Å². The van der Waals surface area contributed by atoms with Crippen molar-refractivity contribution in [1.29, 1.82) is 0 Å². The lowest BCUT2D eigenvalue weighted by Gasteiger charge is -2.29. The third kappa shape index (κ3) is 3.59. The second-order valence-electron chi connectivity index (χ2n) is 7.41. The van der Waals surface area contributed by atoms with Crippen LogP contribution in [0.15, 0.2) is 85.2 Å². The Morgan fingerprint density at radius 2 is 1.84 bits per heavy atom. The molecule has 0 unspecified atom stereocenters. The Kier molecular flexibility index (Phi) is 5.28. The quantitative estimate of drug-likeness (QED) is 0.388. The molecule has 0 amide bonds. The number of hydrogen-bond acceptors (Lipinski definition) is 3. The maximum atomic E-state index is 13.5. The van der Waals surface area contributed by atoms with Crippen LogP contribution in [0, 0.1) is 5.82 Å². The molecular formula is C24H18ClFN4OS. The van der Waals surface area contributed by atoms with Gasteiger partial charge in [0.05, 0.1) is 17.4 Å². The predicted molar refractivity (Wildman–Crippen MR) is 127 cm³/mol. The molecule has 3 heterocycles. The summed E-state index contributed by atoms with van der Waals surface area (Å²) in [6.07, 6.45) is 3.64. The molecule has 32 heavy (non-hydrogen) atoms. The standard InChI is InChI=1S/C24H18ClFN4OS/c25-15-6-11-21(31)20(14-15)30-23(22(28-24(30)32)18-4-1-2-12-27-18)19-5-3-13-29(19)17-9-7-16(26)8-10-17/h1-14,22-23,31H,(H,28,32)/t22-,23-/m1/s1. The molecule has 1 aliphatic heterocycles. The van der Waals surface area contributed by atoms with Crippen molar-refractivity contribution in [3.8, 4) is 11.4 Å². The summed E-state index contributed by atoms with van der Waals surface area (Å²) in [4.78, 5) is 6.39. The zero-order chi connectivity index (χ0) is 22.2. The number of pyridine rings is 1. The first-order valence-electron chi connectivity index (χ1n) is 9.95. The Hall–Kier alpha value is -3.42. The highest BCUT2D eigenvalue weighted by Crippen LogP contribution is 2.45. The molecule has 2 N–H and O–H groups in total. The SMILES string of the molecule is Oc1ccc(Cl)cc1N1C(=S)N[C@H](c2ccccn2)[C@H]1c1cccn1-c1ccc(F)cc1. The first-order valence-corrected chi connectivity index (χ1v) is 10.7. The average molecular weight is 465 g/mol. The van der Waals surface area contributed by atoms with Gasteiger partial charge in [0.25, 0.3) is 0 Å². The molecule has 1 saturated heterocycles. The molecule has 2 aromatic carbocycles. The van der Waals surface area contributed by atoms with Crippen LogP contribution in [0.25, 0.3) is 5.69 Å². The molecule has 8 heteroatoms. The van der Waals surface area contributed by atoms with Crippen molar-refractivity contribution in [2.75, 3.05) is 4.90 Å². The molecule has 0 saturated carbocycles. The van der Waals surface area contributed by atoms with Gasteiger partial charge in [-0.05, 0) is 78.9 Å². The second kappa shape index (κ2) is 8.26. The van der Waals surface area contributed by atoms with Crippen LogP contribution in [0.1, 0.15) is 23.5 Å². The highest BCUT2D eigenvalue weighted by Gasteiger charge is 2.43. The zero-order valence-corrected chi connectivity index (χ0v) is 18.3. The van der Waals surface area contributed by atoms with Crippen molar-refractivity contribution < 1.29 is 9.50 Å². The van der Waals surface area contributed by atoms with Crippen LogP contribution in [0.4, 0.5) is 10.1 Å². The Balaban J connectivity index is 1.69. The molecule has 2 aromatic heterocycles. The predicted octanol–water partition coefficient (Wildman–Crippen LogP) is 5.55. The summed E-state index contributed by atoms with van der Waals surface area (Å²) in [7, 11) is 0. The summed E-state index contributed by atoms with van der Waals surface area (Å²) in [5.74, 6) is -0.242. The van der Waals surface area contributed by atoms with E-state index in [1.165, 1.54) is 12.1 Å². The molecular weight excluding hydrogens is 447 g/mol. The molecule has 4 aromatic rings. The number of nitrogens with zero attached hydrogens (tertiary/aromatic N) is 3. The van der Waals surface area contributed by atoms with E-state index < -0.39 is 0 Å². The number of hydrogen-bond donors (Lipinski definition) is 2. The van der Waals surface area contributed by atoms with Crippen molar-refractivity contribution in [1.82, 2.24) is 14.9 Å². The normalized spacial score (nSPS) is 18.1. The summed E-state index contributed by atoms with van der Waals surface area (Å²) in [5, 5.41) is 14.9. The minimum atomic E-state index is -0.359. The number of rotatable bonds is 4. The van der Waals surface area contributed by atoms with Gasteiger partial charge in [0.2, 0.25) is 0 Å². The van der Waals surface area contributed by atoms with Gasteiger partial charge >= 0.3 is 0 Å². The molecule has 160 valence electrons. The Labute approximate surface area is 194 Å². The number of aromatic hydroxyl groups is 1. The lowest BCUT2D eigenvalue weighted by atomic mass is 10.0. The molecule has 0 bridgehead atoms. The number of phenolic OH excluding ortho intramolecular Hbond substituents is 1. The number of nitrogens with one attached hydrogen (secondary N) is 1. The Morgan fingerprint density at radius 1 is 1.03 bits per heavy atom. The lowest BCUT2D eigenvalue weighted by Crippen LogP contribution is -2.30.